The zero-order valence-corrected chi connectivity index (χ0v) is 13.1. The molecule has 1 fully saturated rings. The molecular weight excluding hydrogens is 249 g/mol. The van der Waals surface area contributed by atoms with Crippen LogP contribution >= 0.6 is 0 Å². The summed E-state index contributed by atoms with van der Waals surface area (Å²) in [6.07, 6.45) is 2.54. The van der Waals surface area contributed by atoms with Gasteiger partial charge in [0, 0.05) is 13.1 Å². The Balaban J connectivity index is 1.88. The largest absolute Gasteiger partial charge is 0.303 e. The van der Waals surface area contributed by atoms with E-state index < -0.39 is 5.67 Å². The first-order chi connectivity index (χ1) is 9.48. The molecule has 1 aromatic carbocycles. The summed E-state index contributed by atoms with van der Waals surface area (Å²) in [6, 6.07) is 10.8. The monoisotopic (exact) mass is 277 g/mol. The Morgan fingerprint density at radius 3 is 2.30 bits per heavy atom. The van der Waals surface area contributed by atoms with Crippen molar-refractivity contribution in [3.63, 3.8) is 0 Å². The molecule has 0 amide bonds. The fourth-order valence-electron chi connectivity index (χ4n) is 3.15. The summed E-state index contributed by atoms with van der Waals surface area (Å²) in [7, 11) is 0. The summed E-state index contributed by atoms with van der Waals surface area (Å²) < 4.78 is 13.8. The van der Waals surface area contributed by atoms with Crippen LogP contribution in [0, 0.1) is 5.92 Å². The lowest BCUT2D eigenvalue weighted by Crippen LogP contribution is -2.40. The quantitative estimate of drug-likeness (QED) is 0.758. The molecular formula is C18H28FN. The molecule has 1 nitrogen and oxygen atoms in total. The number of rotatable bonds is 5. The number of benzene rings is 1. The second kappa shape index (κ2) is 6.71. The van der Waals surface area contributed by atoms with Crippen LogP contribution in [0.15, 0.2) is 30.3 Å². The van der Waals surface area contributed by atoms with Crippen LogP contribution in [0.3, 0.4) is 0 Å². The zero-order chi connectivity index (χ0) is 14.6. The van der Waals surface area contributed by atoms with E-state index in [4.69, 9.17) is 0 Å². The van der Waals surface area contributed by atoms with Crippen LogP contribution in [0.2, 0.25) is 0 Å². The van der Waals surface area contributed by atoms with Gasteiger partial charge in [-0.15, -0.1) is 0 Å². The first-order valence-corrected chi connectivity index (χ1v) is 7.94. The van der Waals surface area contributed by atoms with Crippen LogP contribution in [0.25, 0.3) is 0 Å². The van der Waals surface area contributed by atoms with E-state index in [1.54, 1.807) is 6.92 Å². The molecule has 1 aliphatic rings. The number of likely N-dealkylation sites (tertiary alicyclic amines) is 1. The average molecular weight is 277 g/mol. The standard InChI is InChI=1S/C18H28FN/c1-15(2)17(16-7-5-4-6-8-16)9-12-20-13-10-18(3,19)11-14-20/h4-8,15,17H,9-14H2,1-3H3. The van der Waals surface area contributed by atoms with Crippen molar-refractivity contribution in [1.82, 2.24) is 4.90 Å². The molecule has 0 spiro atoms. The highest BCUT2D eigenvalue weighted by molar-refractivity contribution is 5.20. The van der Waals surface area contributed by atoms with Crippen molar-refractivity contribution in [3.05, 3.63) is 35.9 Å². The molecule has 1 heterocycles. The second-order valence-corrected chi connectivity index (χ2v) is 6.80. The van der Waals surface area contributed by atoms with Gasteiger partial charge in [-0.3, -0.25) is 0 Å². The molecule has 0 radical (unpaired) electrons. The highest BCUT2D eigenvalue weighted by atomic mass is 19.1. The highest BCUT2D eigenvalue weighted by Crippen LogP contribution is 2.30. The van der Waals surface area contributed by atoms with Gasteiger partial charge in [0.25, 0.3) is 0 Å². The van der Waals surface area contributed by atoms with E-state index in [9.17, 15) is 4.39 Å². The number of halogens is 1. The predicted molar refractivity (Wildman–Crippen MR) is 83.8 cm³/mol. The lowest BCUT2D eigenvalue weighted by molar-refractivity contribution is 0.0719. The maximum absolute atomic E-state index is 13.8. The van der Waals surface area contributed by atoms with E-state index >= 15 is 0 Å². The molecule has 0 bridgehead atoms. The van der Waals surface area contributed by atoms with Crippen molar-refractivity contribution in [1.29, 1.82) is 0 Å². The SMILES string of the molecule is CC(C)C(CCN1CCC(C)(F)CC1)c1ccccc1. The van der Waals surface area contributed by atoms with Crippen molar-refractivity contribution >= 4 is 0 Å². The van der Waals surface area contributed by atoms with Crippen molar-refractivity contribution in [2.45, 2.75) is 51.6 Å². The summed E-state index contributed by atoms with van der Waals surface area (Å²) in [5.41, 5.74) is 0.503. The lowest BCUT2D eigenvalue weighted by atomic mass is 9.85. The van der Waals surface area contributed by atoms with Gasteiger partial charge in [0.2, 0.25) is 0 Å². The highest BCUT2D eigenvalue weighted by Gasteiger charge is 2.29. The van der Waals surface area contributed by atoms with Crippen LogP contribution in [0.5, 0.6) is 0 Å². The van der Waals surface area contributed by atoms with E-state index in [1.165, 1.54) is 12.0 Å². The fraction of sp³-hybridized carbons (Fsp3) is 0.667. The molecule has 0 saturated carbocycles. The summed E-state index contributed by atoms with van der Waals surface area (Å²) in [5.74, 6) is 1.25. The molecule has 112 valence electrons. The molecule has 1 saturated heterocycles. The maximum atomic E-state index is 13.8. The van der Waals surface area contributed by atoms with Gasteiger partial charge >= 0.3 is 0 Å². The van der Waals surface area contributed by atoms with Crippen LogP contribution in [0.4, 0.5) is 4.39 Å². The maximum Gasteiger partial charge on any atom is 0.110 e. The van der Waals surface area contributed by atoms with Crippen LogP contribution < -0.4 is 0 Å². The topological polar surface area (TPSA) is 3.24 Å². The predicted octanol–water partition coefficient (Wildman–Crippen LogP) is 4.64. The first kappa shape index (κ1) is 15.5. The molecule has 2 rings (SSSR count). The summed E-state index contributed by atoms with van der Waals surface area (Å²) >= 11 is 0. The minimum atomic E-state index is -0.937. The molecule has 0 aromatic heterocycles. The first-order valence-electron chi connectivity index (χ1n) is 7.94. The third-order valence-electron chi connectivity index (χ3n) is 4.69. The Morgan fingerprint density at radius 2 is 1.75 bits per heavy atom. The molecule has 0 aliphatic carbocycles. The normalized spacial score (nSPS) is 21.1. The molecule has 1 aromatic rings. The smallest absolute Gasteiger partial charge is 0.110 e. The minimum absolute atomic E-state index is 0.606. The molecule has 20 heavy (non-hydrogen) atoms. The Bertz CT molecular complexity index is 389. The van der Waals surface area contributed by atoms with Gasteiger partial charge in [-0.25, -0.2) is 4.39 Å². The fourth-order valence-corrected chi connectivity index (χ4v) is 3.15. The second-order valence-electron chi connectivity index (χ2n) is 6.80. The molecule has 2 heteroatoms. The van der Waals surface area contributed by atoms with Gasteiger partial charge in [-0.05, 0) is 50.1 Å². The van der Waals surface area contributed by atoms with Gasteiger partial charge in [0.05, 0.1) is 0 Å². The summed E-state index contributed by atoms with van der Waals surface area (Å²) in [5, 5.41) is 0. The Morgan fingerprint density at radius 1 is 1.15 bits per heavy atom. The molecule has 0 N–H and O–H groups in total. The van der Waals surface area contributed by atoms with Crippen LogP contribution in [-0.4, -0.2) is 30.2 Å². The number of hydrogen-bond acceptors (Lipinski definition) is 1. The van der Waals surface area contributed by atoms with Gasteiger partial charge in [0.15, 0.2) is 0 Å². The van der Waals surface area contributed by atoms with Gasteiger partial charge in [-0.1, -0.05) is 44.2 Å². The van der Waals surface area contributed by atoms with E-state index in [0.717, 1.165) is 19.6 Å². The summed E-state index contributed by atoms with van der Waals surface area (Å²) in [6.45, 7) is 9.25. The summed E-state index contributed by atoms with van der Waals surface area (Å²) in [4.78, 5) is 2.43. The van der Waals surface area contributed by atoms with Gasteiger partial charge in [-0.2, -0.15) is 0 Å². The van der Waals surface area contributed by atoms with Crippen molar-refractivity contribution < 1.29 is 4.39 Å². The van der Waals surface area contributed by atoms with E-state index in [1.807, 2.05) is 0 Å². The van der Waals surface area contributed by atoms with E-state index in [2.05, 4.69) is 49.1 Å². The van der Waals surface area contributed by atoms with E-state index in [-0.39, 0.29) is 0 Å². The molecule has 1 atom stereocenters. The Hall–Kier alpha value is -0.890. The van der Waals surface area contributed by atoms with Crippen molar-refractivity contribution in [2.75, 3.05) is 19.6 Å². The van der Waals surface area contributed by atoms with Crippen LogP contribution in [-0.2, 0) is 0 Å². The van der Waals surface area contributed by atoms with Gasteiger partial charge in [0.1, 0.15) is 5.67 Å². The lowest BCUT2D eigenvalue weighted by Gasteiger charge is -2.35. The average Bonchev–Trinajstić information content (AvgIpc) is 2.41. The third kappa shape index (κ3) is 4.31. The number of alkyl halides is 1. The number of hydrogen-bond donors (Lipinski definition) is 0. The Kier molecular flexibility index (Phi) is 5.20. The van der Waals surface area contributed by atoms with Crippen LogP contribution in [0.1, 0.15) is 51.5 Å². The van der Waals surface area contributed by atoms with E-state index in [0.29, 0.717) is 24.7 Å². The third-order valence-corrected chi connectivity index (χ3v) is 4.69. The van der Waals surface area contributed by atoms with Crippen molar-refractivity contribution in [3.8, 4) is 0 Å². The van der Waals surface area contributed by atoms with Crippen molar-refractivity contribution in [2.24, 2.45) is 5.92 Å². The van der Waals surface area contributed by atoms with Gasteiger partial charge < -0.3 is 4.90 Å². The number of nitrogens with zero attached hydrogens (tertiary/aromatic N) is 1. The zero-order valence-electron chi connectivity index (χ0n) is 13.1. The Labute approximate surface area is 123 Å². The molecule has 1 unspecified atom stereocenters. The minimum Gasteiger partial charge on any atom is -0.303 e. The number of piperidine rings is 1. The molecule has 1 aliphatic heterocycles.